The van der Waals surface area contributed by atoms with Crippen LogP contribution < -0.4 is 10.6 Å². The van der Waals surface area contributed by atoms with Crippen molar-refractivity contribution in [2.75, 3.05) is 10.6 Å². The minimum absolute atomic E-state index is 0.623. The maximum Gasteiger partial charge on any atom is 0.0672 e. The molecule has 1 fully saturated rings. The van der Waals surface area contributed by atoms with Gasteiger partial charge >= 0.3 is 0 Å². The second-order valence-corrected chi connectivity index (χ2v) is 6.14. The molecule has 4 rings (SSSR count). The minimum Gasteiger partial charge on any atom is -0.397 e. The molecule has 4 nitrogen and oxygen atoms in total. The van der Waals surface area contributed by atoms with Crippen LogP contribution in [0.15, 0.2) is 35.2 Å². The average Bonchev–Trinajstić information content (AvgIpc) is 2.97. The molecule has 1 saturated carbocycles. The van der Waals surface area contributed by atoms with E-state index >= 15 is 0 Å². The molecular formula is C15H16N4S. The van der Waals surface area contributed by atoms with Crippen LogP contribution in [0.5, 0.6) is 0 Å². The number of anilines is 2. The van der Waals surface area contributed by atoms with Gasteiger partial charge in [0.2, 0.25) is 0 Å². The molecule has 1 aliphatic rings. The van der Waals surface area contributed by atoms with Crippen LogP contribution in [-0.4, -0.2) is 16.2 Å². The van der Waals surface area contributed by atoms with E-state index in [0.717, 1.165) is 28.8 Å². The van der Waals surface area contributed by atoms with Gasteiger partial charge in [0.1, 0.15) is 0 Å². The van der Waals surface area contributed by atoms with Crippen molar-refractivity contribution in [1.29, 1.82) is 0 Å². The zero-order valence-corrected chi connectivity index (χ0v) is 11.9. The van der Waals surface area contributed by atoms with Gasteiger partial charge in [0.15, 0.2) is 0 Å². The summed E-state index contributed by atoms with van der Waals surface area (Å²) in [6.45, 7) is 0.929. The van der Waals surface area contributed by atoms with E-state index in [1.54, 1.807) is 11.3 Å². The molecule has 3 aromatic rings. The summed E-state index contributed by atoms with van der Waals surface area (Å²) in [4.78, 5) is 2.43. The molecule has 2 heterocycles. The maximum atomic E-state index is 6.26. The molecule has 0 atom stereocenters. The molecule has 20 heavy (non-hydrogen) atoms. The Morgan fingerprint density at radius 1 is 1.40 bits per heavy atom. The number of rotatable bonds is 4. The predicted octanol–water partition coefficient (Wildman–Crippen LogP) is 3.38. The number of thiophene rings is 1. The Morgan fingerprint density at radius 2 is 2.30 bits per heavy atom. The molecule has 102 valence electrons. The second kappa shape index (κ2) is 4.52. The van der Waals surface area contributed by atoms with E-state index in [1.807, 2.05) is 12.3 Å². The van der Waals surface area contributed by atoms with Gasteiger partial charge in [-0.1, -0.05) is 0 Å². The number of hydrogen-bond acceptors (Lipinski definition) is 4. The Balaban J connectivity index is 1.75. The summed E-state index contributed by atoms with van der Waals surface area (Å²) in [7, 11) is 0. The summed E-state index contributed by atoms with van der Waals surface area (Å²) < 4.78 is 0. The highest BCUT2D eigenvalue weighted by Crippen LogP contribution is 2.37. The number of aromatic nitrogens is 2. The SMILES string of the molecule is Nc1cc2cn[nH]c2cc1N(Cc1ccsc1)C1CC1. The fourth-order valence-electron chi connectivity index (χ4n) is 2.62. The lowest BCUT2D eigenvalue weighted by Crippen LogP contribution is -2.25. The number of fused-ring (bicyclic) bond motifs is 1. The van der Waals surface area contributed by atoms with E-state index in [1.165, 1.54) is 18.4 Å². The van der Waals surface area contributed by atoms with Crippen molar-refractivity contribution >= 4 is 33.6 Å². The molecular weight excluding hydrogens is 268 g/mol. The molecule has 0 unspecified atom stereocenters. The van der Waals surface area contributed by atoms with Crippen LogP contribution in [0.2, 0.25) is 0 Å². The lowest BCUT2D eigenvalue weighted by atomic mass is 10.1. The Labute approximate surface area is 121 Å². The molecule has 5 heteroatoms. The maximum absolute atomic E-state index is 6.26. The monoisotopic (exact) mass is 284 g/mol. The molecule has 2 aromatic heterocycles. The Bertz CT molecular complexity index is 728. The number of benzene rings is 1. The van der Waals surface area contributed by atoms with Gasteiger partial charge in [-0.3, -0.25) is 5.10 Å². The summed E-state index contributed by atoms with van der Waals surface area (Å²) >= 11 is 1.74. The quantitative estimate of drug-likeness (QED) is 0.722. The lowest BCUT2D eigenvalue weighted by molar-refractivity contribution is 0.798. The number of H-pyrrole nitrogens is 1. The van der Waals surface area contributed by atoms with Crippen molar-refractivity contribution in [3.63, 3.8) is 0 Å². The second-order valence-electron chi connectivity index (χ2n) is 5.36. The largest absolute Gasteiger partial charge is 0.397 e. The van der Waals surface area contributed by atoms with Crippen LogP contribution >= 0.6 is 11.3 Å². The van der Waals surface area contributed by atoms with Crippen molar-refractivity contribution in [2.24, 2.45) is 0 Å². The molecule has 0 spiro atoms. The summed E-state index contributed by atoms with van der Waals surface area (Å²) in [5, 5.41) is 12.5. The van der Waals surface area contributed by atoms with E-state index < -0.39 is 0 Å². The third-order valence-electron chi connectivity index (χ3n) is 3.82. The van der Waals surface area contributed by atoms with E-state index in [2.05, 4.69) is 38.0 Å². The van der Waals surface area contributed by atoms with E-state index in [9.17, 15) is 0 Å². The van der Waals surface area contributed by atoms with Crippen molar-refractivity contribution in [1.82, 2.24) is 10.2 Å². The van der Waals surface area contributed by atoms with Crippen molar-refractivity contribution in [3.8, 4) is 0 Å². The van der Waals surface area contributed by atoms with Crippen molar-refractivity contribution in [2.45, 2.75) is 25.4 Å². The first-order valence-corrected chi connectivity index (χ1v) is 7.76. The molecule has 1 aliphatic carbocycles. The highest BCUT2D eigenvalue weighted by molar-refractivity contribution is 7.07. The van der Waals surface area contributed by atoms with Gasteiger partial charge in [-0.05, 0) is 47.4 Å². The molecule has 0 saturated heterocycles. The van der Waals surface area contributed by atoms with Gasteiger partial charge in [0.05, 0.1) is 23.1 Å². The summed E-state index contributed by atoms with van der Waals surface area (Å²) in [5.74, 6) is 0. The van der Waals surface area contributed by atoms with Crippen molar-refractivity contribution < 1.29 is 0 Å². The van der Waals surface area contributed by atoms with Gasteiger partial charge in [0.25, 0.3) is 0 Å². The van der Waals surface area contributed by atoms with Crippen LogP contribution in [0, 0.1) is 0 Å². The van der Waals surface area contributed by atoms with E-state index in [4.69, 9.17) is 5.73 Å². The van der Waals surface area contributed by atoms with Gasteiger partial charge in [-0.15, -0.1) is 0 Å². The third-order valence-corrected chi connectivity index (χ3v) is 4.55. The smallest absolute Gasteiger partial charge is 0.0672 e. The molecule has 0 radical (unpaired) electrons. The van der Waals surface area contributed by atoms with Gasteiger partial charge in [-0.25, -0.2) is 0 Å². The van der Waals surface area contributed by atoms with Crippen LogP contribution in [0.1, 0.15) is 18.4 Å². The summed E-state index contributed by atoms with van der Waals surface area (Å²) in [6.07, 6.45) is 4.32. The topological polar surface area (TPSA) is 57.9 Å². The minimum atomic E-state index is 0.623. The average molecular weight is 284 g/mol. The molecule has 3 N–H and O–H groups in total. The number of nitrogens with zero attached hydrogens (tertiary/aromatic N) is 2. The number of hydrogen-bond donors (Lipinski definition) is 2. The first-order chi connectivity index (χ1) is 9.81. The number of nitrogens with one attached hydrogen (secondary N) is 1. The number of nitrogen functional groups attached to an aromatic ring is 1. The third kappa shape index (κ3) is 2.04. The Hall–Kier alpha value is -2.01. The van der Waals surface area contributed by atoms with E-state index in [0.29, 0.717) is 6.04 Å². The van der Waals surface area contributed by atoms with Crippen LogP contribution in [0.25, 0.3) is 10.9 Å². The lowest BCUT2D eigenvalue weighted by Gasteiger charge is -2.26. The fraction of sp³-hybridized carbons (Fsp3) is 0.267. The van der Waals surface area contributed by atoms with Gasteiger partial charge < -0.3 is 10.6 Å². The zero-order chi connectivity index (χ0) is 13.5. The Morgan fingerprint density at radius 3 is 3.05 bits per heavy atom. The standard InChI is InChI=1S/C15H16N4S/c16-13-5-11-7-17-18-14(11)6-15(13)19(12-1-2-12)8-10-3-4-20-9-10/h3-7,9,12H,1-2,8,16H2,(H,17,18). The summed E-state index contributed by atoms with van der Waals surface area (Å²) in [6, 6.07) is 6.95. The van der Waals surface area contributed by atoms with Crippen LogP contribution in [-0.2, 0) is 6.54 Å². The van der Waals surface area contributed by atoms with E-state index in [-0.39, 0.29) is 0 Å². The highest BCUT2D eigenvalue weighted by Gasteiger charge is 2.30. The van der Waals surface area contributed by atoms with Crippen LogP contribution in [0.3, 0.4) is 0 Å². The van der Waals surface area contributed by atoms with Gasteiger partial charge in [0, 0.05) is 18.0 Å². The normalized spacial score (nSPS) is 14.8. The molecule has 0 bridgehead atoms. The Kier molecular flexibility index (Phi) is 2.67. The summed E-state index contributed by atoms with van der Waals surface area (Å²) in [5.41, 5.74) is 10.6. The number of aromatic amines is 1. The van der Waals surface area contributed by atoms with Crippen molar-refractivity contribution in [3.05, 3.63) is 40.7 Å². The first-order valence-electron chi connectivity index (χ1n) is 6.81. The predicted molar refractivity (Wildman–Crippen MR) is 84.0 cm³/mol. The molecule has 0 amide bonds. The zero-order valence-electron chi connectivity index (χ0n) is 11.0. The fourth-order valence-corrected chi connectivity index (χ4v) is 3.28. The highest BCUT2D eigenvalue weighted by atomic mass is 32.1. The first kappa shape index (κ1) is 11.8. The van der Waals surface area contributed by atoms with Gasteiger partial charge in [-0.2, -0.15) is 16.4 Å². The number of nitrogens with two attached hydrogens (primary N) is 1. The molecule has 1 aromatic carbocycles. The van der Waals surface area contributed by atoms with Crippen LogP contribution in [0.4, 0.5) is 11.4 Å². The molecule has 0 aliphatic heterocycles.